The van der Waals surface area contributed by atoms with Crippen LogP contribution in [0.15, 0.2) is 28.6 Å². The number of hydrogen-bond acceptors (Lipinski definition) is 5. The number of anilines is 1. The number of sulfonamides is 1. The number of halogens is 1. The third-order valence-electron chi connectivity index (χ3n) is 2.82. The van der Waals surface area contributed by atoms with E-state index in [0.717, 1.165) is 6.07 Å². The van der Waals surface area contributed by atoms with E-state index in [2.05, 4.69) is 9.71 Å². The van der Waals surface area contributed by atoms with Gasteiger partial charge in [0.2, 0.25) is 10.0 Å². The Morgan fingerprint density at radius 2 is 2.15 bits per heavy atom. The van der Waals surface area contributed by atoms with Gasteiger partial charge in [0.15, 0.2) is 0 Å². The van der Waals surface area contributed by atoms with E-state index in [1.54, 1.807) is 18.5 Å². The molecule has 0 saturated carbocycles. The van der Waals surface area contributed by atoms with E-state index in [-0.39, 0.29) is 16.1 Å². The van der Waals surface area contributed by atoms with Crippen LogP contribution in [-0.2, 0) is 10.0 Å². The number of rotatable bonds is 4. The van der Waals surface area contributed by atoms with Crippen molar-refractivity contribution in [1.29, 1.82) is 0 Å². The van der Waals surface area contributed by atoms with E-state index < -0.39 is 21.9 Å². The van der Waals surface area contributed by atoms with Crippen molar-refractivity contribution >= 4 is 27.0 Å². The van der Waals surface area contributed by atoms with Gasteiger partial charge in [0.1, 0.15) is 10.8 Å². The Labute approximate surface area is 120 Å². The summed E-state index contributed by atoms with van der Waals surface area (Å²) in [6.45, 7) is 3.16. The monoisotopic (exact) mass is 315 g/mol. The molecule has 0 aliphatic carbocycles. The number of hydrogen-bond donors (Lipinski definition) is 2. The van der Waals surface area contributed by atoms with Crippen LogP contribution in [-0.4, -0.2) is 13.4 Å². The van der Waals surface area contributed by atoms with E-state index in [0.29, 0.717) is 5.01 Å². The van der Waals surface area contributed by atoms with Gasteiger partial charge < -0.3 is 5.73 Å². The van der Waals surface area contributed by atoms with Crippen LogP contribution in [0.5, 0.6) is 0 Å². The van der Waals surface area contributed by atoms with Crippen molar-refractivity contribution in [3.8, 4) is 0 Å². The number of nitrogens with one attached hydrogen (secondary N) is 1. The second kappa shape index (κ2) is 5.47. The van der Waals surface area contributed by atoms with Gasteiger partial charge in [-0.05, 0) is 26.0 Å². The van der Waals surface area contributed by atoms with E-state index in [9.17, 15) is 12.8 Å². The summed E-state index contributed by atoms with van der Waals surface area (Å²) < 4.78 is 40.4. The number of nitrogens with two attached hydrogens (primary N) is 1. The molecule has 2 rings (SSSR count). The third-order valence-corrected chi connectivity index (χ3v) is 5.30. The fourth-order valence-electron chi connectivity index (χ4n) is 1.63. The van der Waals surface area contributed by atoms with Gasteiger partial charge >= 0.3 is 0 Å². The summed E-state index contributed by atoms with van der Waals surface area (Å²) in [5.41, 5.74) is 5.94. The Hall–Kier alpha value is -1.51. The molecule has 0 bridgehead atoms. The lowest BCUT2D eigenvalue weighted by atomic mass is 10.2. The number of benzene rings is 1. The third kappa shape index (κ3) is 2.97. The van der Waals surface area contributed by atoms with Gasteiger partial charge in [-0.25, -0.2) is 22.5 Å². The maximum Gasteiger partial charge on any atom is 0.241 e. The minimum Gasteiger partial charge on any atom is -0.398 e. The molecule has 108 valence electrons. The zero-order valence-corrected chi connectivity index (χ0v) is 12.6. The molecule has 0 radical (unpaired) electrons. The minimum absolute atomic E-state index is 0.104. The highest BCUT2D eigenvalue weighted by atomic mass is 32.2. The number of nitrogen functional groups attached to an aromatic ring is 1. The molecule has 1 aromatic heterocycles. The molecule has 0 fully saturated rings. The Morgan fingerprint density at radius 3 is 2.70 bits per heavy atom. The number of thiazole rings is 1. The molecule has 1 atom stereocenters. The minimum atomic E-state index is -3.85. The molecule has 0 aliphatic rings. The summed E-state index contributed by atoms with van der Waals surface area (Å²) in [6.07, 6.45) is 1.59. The average molecular weight is 315 g/mol. The summed E-state index contributed by atoms with van der Waals surface area (Å²) in [5, 5.41) is 2.39. The molecule has 1 aromatic carbocycles. The van der Waals surface area contributed by atoms with Crippen LogP contribution in [0.3, 0.4) is 0 Å². The van der Waals surface area contributed by atoms with E-state index >= 15 is 0 Å². The quantitative estimate of drug-likeness (QED) is 0.847. The summed E-state index contributed by atoms with van der Waals surface area (Å²) >= 11 is 1.34. The molecule has 0 aliphatic heterocycles. The standard InChI is InChI=1S/C12H14FN3O2S2/c1-7-10(13)5-9(6-11(7)14)20(17,18)16-8(2)12-15-3-4-19-12/h3-6,8,16H,14H2,1-2H3. The fourth-order valence-corrected chi connectivity index (χ4v) is 3.60. The van der Waals surface area contributed by atoms with Gasteiger partial charge in [-0.15, -0.1) is 11.3 Å². The lowest BCUT2D eigenvalue weighted by molar-refractivity contribution is 0.563. The topological polar surface area (TPSA) is 85.1 Å². The van der Waals surface area contributed by atoms with Crippen LogP contribution in [0.1, 0.15) is 23.5 Å². The van der Waals surface area contributed by atoms with Gasteiger partial charge in [-0.3, -0.25) is 0 Å². The van der Waals surface area contributed by atoms with Gasteiger partial charge in [0.25, 0.3) is 0 Å². The molecular formula is C12H14FN3O2S2. The molecular weight excluding hydrogens is 301 g/mol. The maximum atomic E-state index is 13.6. The molecule has 1 heterocycles. The lowest BCUT2D eigenvalue weighted by Gasteiger charge is -2.13. The summed E-state index contributed by atoms with van der Waals surface area (Å²) in [7, 11) is -3.85. The number of nitrogens with zero attached hydrogens (tertiary/aromatic N) is 1. The molecule has 0 spiro atoms. The Bertz CT molecular complexity index is 691. The lowest BCUT2D eigenvalue weighted by Crippen LogP contribution is -2.27. The summed E-state index contributed by atoms with van der Waals surface area (Å²) in [6, 6.07) is 1.71. The summed E-state index contributed by atoms with van der Waals surface area (Å²) in [5.74, 6) is -0.646. The van der Waals surface area contributed by atoms with Crippen LogP contribution >= 0.6 is 11.3 Å². The Balaban J connectivity index is 2.31. The van der Waals surface area contributed by atoms with Crippen LogP contribution in [0.4, 0.5) is 10.1 Å². The fraction of sp³-hybridized carbons (Fsp3) is 0.250. The molecule has 8 heteroatoms. The van der Waals surface area contributed by atoms with Crippen molar-refractivity contribution in [3.63, 3.8) is 0 Å². The van der Waals surface area contributed by atoms with Crippen molar-refractivity contribution in [1.82, 2.24) is 9.71 Å². The highest BCUT2D eigenvalue weighted by molar-refractivity contribution is 7.89. The largest absolute Gasteiger partial charge is 0.398 e. The van der Waals surface area contributed by atoms with Crippen molar-refractivity contribution in [2.75, 3.05) is 5.73 Å². The predicted molar refractivity (Wildman–Crippen MR) is 76.4 cm³/mol. The molecule has 3 N–H and O–H groups in total. The smallest absolute Gasteiger partial charge is 0.241 e. The second-order valence-corrected chi connectivity index (χ2v) is 6.97. The van der Waals surface area contributed by atoms with Gasteiger partial charge in [-0.2, -0.15) is 0 Å². The molecule has 0 amide bonds. The second-order valence-electron chi connectivity index (χ2n) is 4.33. The van der Waals surface area contributed by atoms with E-state index in [4.69, 9.17) is 5.73 Å². The first kappa shape index (κ1) is 14.9. The zero-order valence-electron chi connectivity index (χ0n) is 10.9. The predicted octanol–water partition coefficient (Wildman–Crippen LogP) is 2.21. The first-order valence-electron chi connectivity index (χ1n) is 5.78. The van der Waals surface area contributed by atoms with Crippen molar-refractivity contribution in [3.05, 3.63) is 40.1 Å². The molecule has 5 nitrogen and oxygen atoms in total. The zero-order chi connectivity index (χ0) is 14.9. The van der Waals surface area contributed by atoms with Crippen molar-refractivity contribution < 1.29 is 12.8 Å². The average Bonchev–Trinajstić information content (AvgIpc) is 2.88. The van der Waals surface area contributed by atoms with Gasteiger partial charge in [0, 0.05) is 22.8 Å². The van der Waals surface area contributed by atoms with Crippen LogP contribution < -0.4 is 10.5 Å². The Morgan fingerprint density at radius 1 is 1.45 bits per heavy atom. The maximum absolute atomic E-state index is 13.6. The molecule has 0 saturated heterocycles. The first-order valence-corrected chi connectivity index (χ1v) is 8.15. The molecule has 20 heavy (non-hydrogen) atoms. The van der Waals surface area contributed by atoms with Gasteiger partial charge in [0.05, 0.1) is 10.9 Å². The first-order chi connectivity index (χ1) is 9.31. The highest BCUT2D eigenvalue weighted by Gasteiger charge is 2.21. The number of aromatic nitrogens is 1. The van der Waals surface area contributed by atoms with Crippen LogP contribution in [0.2, 0.25) is 0 Å². The van der Waals surface area contributed by atoms with Crippen LogP contribution in [0, 0.1) is 12.7 Å². The molecule has 1 unspecified atom stereocenters. The van der Waals surface area contributed by atoms with Crippen molar-refractivity contribution in [2.45, 2.75) is 24.8 Å². The SMILES string of the molecule is Cc1c(N)cc(S(=O)(=O)NC(C)c2nccs2)cc1F. The van der Waals surface area contributed by atoms with Crippen molar-refractivity contribution in [2.24, 2.45) is 0 Å². The van der Waals surface area contributed by atoms with Crippen LogP contribution in [0.25, 0.3) is 0 Å². The Kier molecular flexibility index (Phi) is 4.07. The summed E-state index contributed by atoms with van der Waals surface area (Å²) in [4.78, 5) is 3.84. The van der Waals surface area contributed by atoms with Gasteiger partial charge in [-0.1, -0.05) is 0 Å². The normalized spacial score (nSPS) is 13.3. The molecule has 2 aromatic rings. The van der Waals surface area contributed by atoms with E-state index in [1.807, 2.05) is 0 Å². The highest BCUT2D eigenvalue weighted by Crippen LogP contribution is 2.23. The van der Waals surface area contributed by atoms with E-state index in [1.165, 1.54) is 24.3 Å².